The van der Waals surface area contributed by atoms with E-state index in [-0.39, 0.29) is 17.8 Å². The number of carbonyl (C=O) groups is 2. The zero-order valence-corrected chi connectivity index (χ0v) is 25.1. The summed E-state index contributed by atoms with van der Waals surface area (Å²) in [5.41, 5.74) is 6.49. The molecule has 10 heteroatoms. The maximum atomic E-state index is 12.8. The third-order valence-corrected chi connectivity index (χ3v) is 8.44. The van der Waals surface area contributed by atoms with Gasteiger partial charge in [-0.25, -0.2) is 9.59 Å². The Morgan fingerprint density at radius 1 is 1.05 bits per heavy atom. The number of benzene rings is 1. The van der Waals surface area contributed by atoms with Crippen molar-refractivity contribution < 1.29 is 9.59 Å². The van der Waals surface area contributed by atoms with Crippen LogP contribution in [0.15, 0.2) is 41.3 Å². The summed E-state index contributed by atoms with van der Waals surface area (Å²) in [4.78, 5) is 47.9. The fourth-order valence-corrected chi connectivity index (χ4v) is 5.96. The number of carbonyl (C=O) groups excluding carboxylic acids is 2. The highest BCUT2D eigenvalue weighted by Crippen LogP contribution is 2.25. The highest BCUT2D eigenvalue weighted by atomic mass is 16.2. The number of hydrogen-bond acceptors (Lipinski definition) is 6. The zero-order chi connectivity index (χ0) is 29.6. The number of nitrogens with zero attached hydrogens (tertiary/aromatic N) is 5. The molecule has 2 aromatic rings. The second kappa shape index (κ2) is 13.6. The molecule has 1 aromatic carbocycles. The van der Waals surface area contributed by atoms with Gasteiger partial charge in [-0.1, -0.05) is 38.3 Å². The van der Waals surface area contributed by atoms with Crippen LogP contribution in [-0.2, 0) is 11.2 Å². The fraction of sp³-hybridized carbons (Fsp3) is 0.613. The molecule has 224 valence electrons. The summed E-state index contributed by atoms with van der Waals surface area (Å²) in [6.07, 6.45) is 9.43. The Morgan fingerprint density at radius 3 is 2.27 bits per heavy atom. The normalized spacial score (nSPS) is 17.5. The molecule has 1 atom stereocenters. The van der Waals surface area contributed by atoms with Crippen LogP contribution in [0, 0.1) is 5.92 Å². The number of aromatic nitrogens is 2. The minimum Gasteiger partial charge on any atom is -0.338 e. The predicted molar refractivity (Wildman–Crippen MR) is 162 cm³/mol. The van der Waals surface area contributed by atoms with Crippen LogP contribution in [0.4, 0.5) is 10.6 Å². The van der Waals surface area contributed by atoms with E-state index in [1.807, 2.05) is 12.1 Å². The van der Waals surface area contributed by atoms with E-state index in [1.54, 1.807) is 35.9 Å². The highest BCUT2D eigenvalue weighted by Gasteiger charge is 2.31. The van der Waals surface area contributed by atoms with Crippen molar-refractivity contribution in [1.29, 1.82) is 0 Å². The van der Waals surface area contributed by atoms with Gasteiger partial charge < -0.3 is 20.4 Å². The summed E-state index contributed by atoms with van der Waals surface area (Å²) in [6.45, 7) is 11.7. The Labute approximate surface area is 243 Å². The van der Waals surface area contributed by atoms with Crippen molar-refractivity contribution in [1.82, 2.24) is 24.3 Å². The van der Waals surface area contributed by atoms with E-state index in [9.17, 15) is 14.4 Å². The molecule has 1 aliphatic carbocycles. The summed E-state index contributed by atoms with van der Waals surface area (Å²) in [5, 5.41) is 2.71. The van der Waals surface area contributed by atoms with Crippen molar-refractivity contribution in [2.24, 2.45) is 11.7 Å². The molecule has 0 spiro atoms. The summed E-state index contributed by atoms with van der Waals surface area (Å²) in [5.74, 6) is 0.884. The summed E-state index contributed by atoms with van der Waals surface area (Å²) in [6, 6.07) is 9.79. The summed E-state index contributed by atoms with van der Waals surface area (Å²) in [7, 11) is 0. The standard InChI is InChI=1S/C31H47N7O3/c1-5-35(22-25-9-7-6-8-10-25)23(2)21-24-11-13-26(14-12-24)38-16-15-27(34-30(38)41)33-29(40)37-19-17-36(18-20-37)28(39)31(3,4)32/h11-16,23,25H,5-10,17-22,32H2,1-4H3,(H,33,34,40,41). The van der Waals surface area contributed by atoms with Crippen LogP contribution in [-0.4, -0.2) is 87.0 Å². The van der Waals surface area contributed by atoms with Crippen molar-refractivity contribution >= 4 is 17.8 Å². The quantitative estimate of drug-likeness (QED) is 0.481. The molecule has 1 saturated heterocycles. The fourth-order valence-electron chi connectivity index (χ4n) is 5.96. The van der Waals surface area contributed by atoms with E-state index < -0.39 is 11.2 Å². The Bertz CT molecular complexity index is 1220. The average Bonchev–Trinajstić information content (AvgIpc) is 2.96. The first-order chi connectivity index (χ1) is 19.5. The van der Waals surface area contributed by atoms with Crippen molar-refractivity contribution in [3.63, 3.8) is 0 Å². The van der Waals surface area contributed by atoms with Gasteiger partial charge in [0.2, 0.25) is 5.91 Å². The molecule has 0 radical (unpaired) electrons. The molecule has 0 bridgehead atoms. The lowest BCUT2D eigenvalue weighted by Crippen LogP contribution is -2.58. The van der Waals surface area contributed by atoms with Gasteiger partial charge in [-0.3, -0.25) is 14.7 Å². The smallest absolute Gasteiger partial charge is 0.338 e. The van der Waals surface area contributed by atoms with Gasteiger partial charge in [0.25, 0.3) is 0 Å². The average molecular weight is 566 g/mol. The van der Waals surface area contributed by atoms with Crippen molar-refractivity contribution in [2.75, 3.05) is 44.6 Å². The van der Waals surface area contributed by atoms with Crippen LogP contribution in [0.2, 0.25) is 0 Å². The molecule has 3 amide bonds. The van der Waals surface area contributed by atoms with Crippen LogP contribution in [0.1, 0.15) is 65.4 Å². The monoisotopic (exact) mass is 565 g/mol. The van der Waals surface area contributed by atoms with Gasteiger partial charge in [-0.15, -0.1) is 0 Å². The first kappa shape index (κ1) is 30.7. The van der Waals surface area contributed by atoms with E-state index in [0.29, 0.717) is 32.2 Å². The first-order valence-electron chi connectivity index (χ1n) is 15.1. The van der Waals surface area contributed by atoms with Gasteiger partial charge in [-0.2, -0.15) is 4.98 Å². The van der Waals surface area contributed by atoms with Gasteiger partial charge in [0.15, 0.2) is 0 Å². The second-order valence-corrected chi connectivity index (χ2v) is 12.2. The van der Waals surface area contributed by atoms with Crippen LogP contribution in [0.25, 0.3) is 5.69 Å². The van der Waals surface area contributed by atoms with Crippen LogP contribution in [0.3, 0.4) is 0 Å². The molecule has 2 heterocycles. The molecule has 2 fully saturated rings. The number of hydrogen-bond donors (Lipinski definition) is 2. The van der Waals surface area contributed by atoms with E-state index in [4.69, 9.17) is 5.73 Å². The predicted octanol–water partition coefficient (Wildman–Crippen LogP) is 3.48. The van der Waals surface area contributed by atoms with Crippen LogP contribution in [0.5, 0.6) is 0 Å². The Hall–Kier alpha value is -3.24. The molecule has 1 unspecified atom stereocenters. The number of nitrogens with two attached hydrogens (primary N) is 1. The third-order valence-electron chi connectivity index (χ3n) is 8.44. The lowest BCUT2D eigenvalue weighted by Gasteiger charge is -2.37. The maximum Gasteiger partial charge on any atom is 0.354 e. The van der Waals surface area contributed by atoms with E-state index in [0.717, 1.165) is 24.6 Å². The van der Waals surface area contributed by atoms with Gasteiger partial charge in [0.05, 0.1) is 11.2 Å². The topological polar surface area (TPSA) is 117 Å². The first-order valence-corrected chi connectivity index (χ1v) is 15.1. The number of rotatable bonds is 9. The van der Waals surface area contributed by atoms with Gasteiger partial charge in [0.1, 0.15) is 5.82 Å². The van der Waals surface area contributed by atoms with Crippen molar-refractivity contribution in [3.8, 4) is 5.69 Å². The van der Waals surface area contributed by atoms with Crippen molar-refractivity contribution in [3.05, 3.63) is 52.6 Å². The van der Waals surface area contributed by atoms with Crippen LogP contribution >= 0.6 is 0 Å². The molecule has 4 rings (SSSR count). The number of urea groups is 1. The molecule has 1 aliphatic heterocycles. The number of anilines is 1. The number of likely N-dealkylation sites (N-methyl/N-ethyl adjacent to an activating group) is 1. The molecule has 3 N–H and O–H groups in total. The maximum absolute atomic E-state index is 12.8. The van der Waals surface area contributed by atoms with E-state index >= 15 is 0 Å². The molecular weight excluding hydrogens is 518 g/mol. The van der Waals surface area contributed by atoms with E-state index in [1.165, 1.54) is 48.8 Å². The highest BCUT2D eigenvalue weighted by molar-refractivity contribution is 5.89. The van der Waals surface area contributed by atoms with E-state index in [2.05, 4.69) is 41.2 Å². The van der Waals surface area contributed by atoms with Gasteiger partial charge in [-0.05, 0) is 76.3 Å². The van der Waals surface area contributed by atoms with Crippen molar-refractivity contribution in [2.45, 2.75) is 77.8 Å². The lowest BCUT2D eigenvalue weighted by atomic mass is 9.88. The zero-order valence-electron chi connectivity index (χ0n) is 25.1. The molecule has 1 aromatic heterocycles. The largest absolute Gasteiger partial charge is 0.354 e. The molecule has 10 nitrogen and oxygen atoms in total. The summed E-state index contributed by atoms with van der Waals surface area (Å²) >= 11 is 0. The molecule has 1 saturated carbocycles. The Kier molecular flexibility index (Phi) is 10.2. The number of amides is 3. The molecule has 2 aliphatic rings. The lowest BCUT2D eigenvalue weighted by molar-refractivity contribution is -0.137. The molecule has 41 heavy (non-hydrogen) atoms. The van der Waals surface area contributed by atoms with Gasteiger partial charge >= 0.3 is 11.7 Å². The van der Waals surface area contributed by atoms with Crippen LogP contribution < -0.4 is 16.7 Å². The van der Waals surface area contributed by atoms with Gasteiger partial charge in [0, 0.05) is 45.0 Å². The Balaban J connectivity index is 1.31. The SMILES string of the molecule is CCN(CC1CCCCC1)C(C)Cc1ccc(-n2ccc(NC(=O)N3CCN(C(=O)C(C)(C)N)CC3)nc2=O)cc1. The second-order valence-electron chi connectivity index (χ2n) is 12.2. The minimum atomic E-state index is -0.943. The third kappa shape index (κ3) is 8.16. The number of nitrogens with one attached hydrogen (secondary N) is 1. The Morgan fingerprint density at radius 2 is 1.68 bits per heavy atom. The molecular formula is C31H47N7O3. The summed E-state index contributed by atoms with van der Waals surface area (Å²) < 4.78 is 1.48. The number of piperazine rings is 1. The minimum absolute atomic E-state index is 0.136.